The van der Waals surface area contributed by atoms with Crippen LogP contribution in [0.5, 0.6) is 0 Å². The van der Waals surface area contributed by atoms with Crippen LogP contribution in [-0.2, 0) is 14.4 Å². The molecule has 0 rings (SSSR count). The van der Waals surface area contributed by atoms with Crippen molar-refractivity contribution in [3.8, 4) is 0 Å². The van der Waals surface area contributed by atoms with Crippen molar-refractivity contribution in [2.24, 2.45) is 0 Å². The third-order valence-electron chi connectivity index (χ3n) is 3.62. The Kier molecular flexibility index (Phi) is 26.5. The minimum absolute atomic E-state index is 0. The van der Waals surface area contributed by atoms with E-state index in [0.29, 0.717) is 19.3 Å². The van der Waals surface area contributed by atoms with Crippen molar-refractivity contribution in [1.82, 2.24) is 0 Å². The van der Waals surface area contributed by atoms with Crippen LogP contribution in [0.4, 0.5) is 0 Å². The summed E-state index contributed by atoms with van der Waals surface area (Å²) in [7, 11) is 0. The fourth-order valence-corrected chi connectivity index (χ4v) is 2.52. The van der Waals surface area contributed by atoms with Gasteiger partial charge in [-0.15, -0.1) is 0 Å². The Morgan fingerprint density at radius 3 is 0.806 bits per heavy atom. The topological polar surface area (TPSA) is 120 Å². The van der Waals surface area contributed by atoms with Gasteiger partial charge in [0, 0.05) is 0 Å². The van der Waals surface area contributed by atoms with Crippen LogP contribution < -0.4 is 15.3 Å². The number of hydrogen-bond acceptors (Lipinski definition) is 12. The second-order valence-corrected chi connectivity index (χ2v) is 12.3. The monoisotopic (exact) mass is 746 g/mol. The average Bonchev–Trinajstić information content (AvgIpc) is 2.63. The number of hydrogen-bond donors (Lipinski definition) is 6. The largest absolute Gasteiger partial charge is 3.00 e. The first-order valence-corrected chi connectivity index (χ1v) is 12.2. The van der Waals surface area contributed by atoms with Gasteiger partial charge >= 0.3 is 26.2 Å². The molecule has 0 bridgehead atoms. The van der Waals surface area contributed by atoms with E-state index < -0.39 is 30.1 Å². The van der Waals surface area contributed by atoms with Gasteiger partial charge in [-0.3, -0.25) is 0 Å². The summed E-state index contributed by atoms with van der Waals surface area (Å²) < 4.78 is -3.76. The molecule has 0 saturated carbocycles. The summed E-state index contributed by atoms with van der Waals surface area (Å²) in [6, 6.07) is 0. The van der Waals surface area contributed by atoms with Gasteiger partial charge in [-0.1, -0.05) is 59.3 Å². The van der Waals surface area contributed by atoms with Gasteiger partial charge < -0.3 is 29.7 Å². The van der Waals surface area contributed by atoms with Crippen molar-refractivity contribution in [2.75, 3.05) is 0 Å². The maximum atomic E-state index is 10.3. The third kappa shape index (κ3) is 22.9. The summed E-state index contributed by atoms with van der Waals surface area (Å²) in [6.07, 6.45) is 6.57. The molecule has 0 aromatic carbocycles. The Hall–Kier alpha value is 1.39. The van der Waals surface area contributed by atoms with Gasteiger partial charge in [0.25, 0.3) is 0 Å². The number of carboxylic acids is 3. The van der Waals surface area contributed by atoms with Gasteiger partial charge in [-0.25, -0.2) is 0 Å². The number of thiol groups is 6. The van der Waals surface area contributed by atoms with Gasteiger partial charge in [-0.2, -0.15) is 75.8 Å². The fraction of sp³-hybridized carbons (Fsp3) is 0.833. The quantitative estimate of drug-likeness (QED) is 0.101. The minimum atomic E-state index is -1.25. The summed E-state index contributed by atoms with van der Waals surface area (Å²) in [5, 5.41) is 30.8. The Labute approximate surface area is 238 Å². The zero-order valence-electron chi connectivity index (χ0n) is 17.9. The fourth-order valence-electron chi connectivity index (χ4n) is 1.58. The van der Waals surface area contributed by atoms with Crippen molar-refractivity contribution in [3.63, 3.8) is 0 Å². The third-order valence-corrected chi connectivity index (χ3v) is 6.05. The maximum absolute atomic E-state index is 10.3. The summed E-state index contributed by atoms with van der Waals surface area (Å²) in [6.45, 7) is 5.94. The second kappa shape index (κ2) is 20.7. The van der Waals surface area contributed by atoms with E-state index in [2.05, 4.69) is 75.8 Å². The molecule has 0 aromatic heterocycles. The summed E-state index contributed by atoms with van der Waals surface area (Å²) in [4.78, 5) is 30.8. The smallest absolute Gasteiger partial charge is 0.548 e. The number of carboxylic acid groups (broad SMARTS) is 3. The van der Waals surface area contributed by atoms with Crippen molar-refractivity contribution in [2.45, 2.75) is 90.8 Å². The van der Waals surface area contributed by atoms with Crippen LogP contribution in [0.1, 0.15) is 78.6 Å². The first-order valence-electron chi connectivity index (χ1n) is 9.50. The van der Waals surface area contributed by atoms with E-state index >= 15 is 0 Å². The molecular weight excluding hydrogens is 714 g/mol. The molecule has 0 N–H and O–H groups in total. The van der Waals surface area contributed by atoms with Crippen LogP contribution in [0, 0.1) is 0 Å². The van der Waals surface area contributed by atoms with Crippen molar-refractivity contribution in [3.05, 3.63) is 0 Å². The van der Waals surface area contributed by atoms with E-state index in [-0.39, 0.29) is 26.2 Å². The summed E-state index contributed by atoms with van der Waals surface area (Å²) >= 11 is 22.9. The van der Waals surface area contributed by atoms with Crippen molar-refractivity contribution in [1.29, 1.82) is 0 Å². The maximum Gasteiger partial charge on any atom is 3.00 e. The van der Waals surface area contributed by atoms with E-state index in [1.54, 1.807) is 0 Å². The number of aliphatic carboxylic acids is 3. The van der Waals surface area contributed by atoms with Crippen molar-refractivity contribution >= 4 is 120 Å². The minimum Gasteiger partial charge on any atom is -0.548 e. The van der Waals surface area contributed by atoms with E-state index in [4.69, 9.17) is 0 Å². The Balaban J connectivity index is -0.000000174. The molecule has 0 amide bonds. The van der Waals surface area contributed by atoms with Gasteiger partial charge in [0.05, 0.1) is 30.1 Å². The van der Waals surface area contributed by atoms with Crippen molar-refractivity contribution < 1.29 is 29.7 Å². The van der Waals surface area contributed by atoms with Gasteiger partial charge in [0.15, 0.2) is 0 Å². The Morgan fingerprint density at radius 1 is 0.548 bits per heavy atom. The van der Waals surface area contributed by atoms with E-state index in [9.17, 15) is 29.7 Å². The molecule has 6 nitrogen and oxygen atoms in total. The number of carbonyl (C=O) groups excluding carboxylic acids is 3. The molecule has 2 radical (unpaired) electrons. The number of rotatable bonds is 12. The number of unbranched alkanes of at least 4 members (excludes halogenated alkanes) is 3. The predicted octanol–water partition coefficient (Wildman–Crippen LogP) is 1.07. The Bertz CT molecular complexity index is 446. The predicted molar refractivity (Wildman–Crippen MR) is 141 cm³/mol. The second-order valence-electron chi connectivity index (χ2n) is 6.62. The molecule has 0 fully saturated rings. The SMILES string of the molecule is CCCCC(S)(S)C(=O)[O-].CCCCC(S)(S)C(=O)[O-].CCCCC(S)(S)C(=O)[O-].[Bi+3]. The van der Waals surface area contributed by atoms with Crippen LogP contribution in [0.3, 0.4) is 0 Å². The van der Waals surface area contributed by atoms with Crippen LogP contribution in [-0.4, -0.2) is 56.3 Å². The molecule has 0 unspecified atom stereocenters. The number of carbonyl (C=O) groups is 3. The molecule has 0 heterocycles. The normalized spacial score (nSPS) is 11.1. The molecule has 13 heteroatoms. The molecule has 0 aliphatic heterocycles. The standard InChI is InChI=1S/3C6H12O2S2.Bi/c3*1-2-3-4-6(9,10)5(7)8;/h3*9-10H,2-4H2,1H3,(H,7,8);/q;;;+3/p-3. The Morgan fingerprint density at radius 2 is 0.710 bits per heavy atom. The average molecular weight is 747 g/mol. The summed E-state index contributed by atoms with van der Waals surface area (Å²) in [5.74, 6) is -3.65. The van der Waals surface area contributed by atoms with Crippen LogP contribution in [0.2, 0.25) is 0 Å². The van der Waals surface area contributed by atoms with Crippen LogP contribution >= 0.6 is 75.8 Å². The molecule has 0 atom stereocenters. The first kappa shape index (κ1) is 39.6. The molecule has 31 heavy (non-hydrogen) atoms. The molecule has 0 aromatic rings. The van der Waals surface area contributed by atoms with E-state index in [1.807, 2.05) is 20.8 Å². The first-order chi connectivity index (χ1) is 13.5. The van der Waals surface area contributed by atoms with E-state index in [1.165, 1.54) is 0 Å². The van der Waals surface area contributed by atoms with E-state index in [0.717, 1.165) is 38.5 Å². The molecule has 0 aliphatic rings. The van der Waals surface area contributed by atoms with Gasteiger partial charge in [0.2, 0.25) is 0 Å². The van der Waals surface area contributed by atoms with Gasteiger partial charge in [-0.05, 0) is 19.3 Å². The summed E-state index contributed by atoms with van der Waals surface area (Å²) in [5.41, 5.74) is 0. The van der Waals surface area contributed by atoms with Crippen LogP contribution in [0.15, 0.2) is 0 Å². The zero-order valence-corrected chi connectivity index (χ0v) is 26.8. The van der Waals surface area contributed by atoms with Crippen LogP contribution in [0.25, 0.3) is 0 Å². The molecule has 0 spiro atoms. The van der Waals surface area contributed by atoms with Gasteiger partial charge in [0.1, 0.15) is 0 Å². The zero-order chi connectivity index (χ0) is 24.6. The molecular formula is C18H33BiO6S6. The molecule has 0 saturated heterocycles. The molecule has 0 aliphatic carbocycles. The molecule has 182 valence electrons.